The smallest absolute Gasteiger partial charge is 0.317 e. The van der Waals surface area contributed by atoms with E-state index < -0.39 is 16.1 Å². The number of rotatable bonds is 17. The number of nitrogens with zero attached hydrogens (tertiary/aromatic N) is 5. The van der Waals surface area contributed by atoms with Gasteiger partial charge in [-0.3, -0.25) is 0 Å². The molecule has 0 radical (unpaired) electrons. The van der Waals surface area contributed by atoms with E-state index in [0.717, 1.165) is 25.2 Å². The zero-order valence-corrected chi connectivity index (χ0v) is 23.9. The Morgan fingerprint density at radius 1 is 1.03 bits per heavy atom. The second kappa shape index (κ2) is 15.7. The van der Waals surface area contributed by atoms with Gasteiger partial charge in [-0.1, -0.05) is 44.2 Å². The summed E-state index contributed by atoms with van der Waals surface area (Å²) in [5.41, 5.74) is 1.12. The van der Waals surface area contributed by atoms with E-state index in [1.807, 2.05) is 51.1 Å². The maximum Gasteiger partial charge on any atom is 0.317 e. The molecule has 0 aliphatic carbocycles. The first-order valence-corrected chi connectivity index (χ1v) is 15.1. The minimum Gasteiger partial charge on any atom is -0.331 e. The molecule has 0 saturated heterocycles. The summed E-state index contributed by atoms with van der Waals surface area (Å²) in [5, 5.41) is 7.53. The number of carbonyl (C=O) groups is 1. The monoisotopic (exact) mass is 535 g/mol. The average Bonchev–Trinajstić information content (AvgIpc) is 3.32. The highest BCUT2D eigenvalue weighted by Gasteiger charge is 2.25. The quantitative estimate of drug-likeness (QED) is 0.322. The number of aryl methyl sites for hydroxylation is 2. The number of urea groups is 1. The lowest BCUT2D eigenvalue weighted by molar-refractivity contribution is 0.202. The highest BCUT2D eigenvalue weighted by atomic mass is 32.2. The summed E-state index contributed by atoms with van der Waals surface area (Å²) in [6.07, 6.45) is 1.77. The topological polar surface area (TPSA) is 112 Å². The molecule has 0 saturated carbocycles. The van der Waals surface area contributed by atoms with Gasteiger partial charge in [-0.05, 0) is 65.2 Å². The average molecular weight is 536 g/mol. The van der Waals surface area contributed by atoms with Crippen molar-refractivity contribution in [3.8, 4) is 0 Å². The van der Waals surface area contributed by atoms with Crippen LogP contribution in [0.3, 0.4) is 0 Å². The third-order valence-corrected chi connectivity index (χ3v) is 7.96. The van der Waals surface area contributed by atoms with Crippen LogP contribution in [0.2, 0.25) is 0 Å². The van der Waals surface area contributed by atoms with Crippen molar-refractivity contribution in [2.24, 2.45) is 0 Å². The van der Waals surface area contributed by atoms with Gasteiger partial charge in [-0.25, -0.2) is 27.6 Å². The van der Waals surface area contributed by atoms with Crippen LogP contribution in [-0.4, -0.2) is 77.5 Å². The molecular weight excluding hydrogens is 490 g/mol. The molecule has 1 atom stereocenters. The molecule has 2 amide bonds. The molecule has 1 aromatic heterocycles. The molecule has 208 valence electrons. The van der Waals surface area contributed by atoms with Gasteiger partial charge in [0, 0.05) is 19.6 Å². The molecule has 0 spiro atoms. The first kappa shape index (κ1) is 30.7. The fourth-order valence-corrected chi connectivity index (χ4v) is 5.48. The third kappa shape index (κ3) is 10.1. The van der Waals surface area contributed by atoms with Crippen molar-refractivity contribution >= 4 is 16.1 Å². The summed E-state index contributed by atoms with van der Waals surface area (Å²) in [4.78, 5) is 21.0. The molecule has 0 unspecified atom stereocenters. The van der Waals surface area contributed by atoms with Crippen molar-refractivity contribution in [1.29, 1.82) is 0 Å². The third-order valence-electron chi connectivity index (χ3n) is 6.49. The van der Waals surface area contributed by atoms with Gasteiger partial charge >= 0.3 is 6.03 Å². The van der Waals surface area contributed by atoms with Gasteiger partial charge in [0.25, 0.3) is 0 Å². The lowest BCUT2D eigenvalue weighted by Crippen LogP contribution is -2.39. The molecule has 10 nitrogen and oxygen atoms in total. The van der Waals surface area contributed by atoms with Crippen molar-refractivity contribution in [2.45, 2.75) is 73.0 Å². The van der Waals surface area contributed by atoms with Crippen molar-refractivity contribution in [2.75, 3.05) is 38.5 Å². The molecule has 1 heterocycles. The Morgan fingerprint density at radius 2 is 1.70 bits per heavy atom. The number of hydrogen-bond acceptors (Lipinski definition) is 6. The van der Waals surface area contributed by atoms with Gasteiger partial charge in [-0.15, -0.1) is 0 Å². The SMILES string of the molecule is CCN(CC)CCCS(=O)(=O)N[C@H](CCc1ccccc1)c1nc(CNC(=O)N(CC)CC)n(CC)n1. The van der Waals surface area contributed by atoms with Crippen LogP contribution in [0.15, 0.2) is 30.3 Å². The number of carbonyl (C=O) groups excluding carboxylic acids is 1. The minimum absolute atomic E-state index is 0.0482. The number of nitrogens with one attached hydrogen (secondary N) is 2. The summed E-state index contributed by atoms with van der Waals surface area (Å²) >= 11 is 0. The molecule has 0 fully saturated rings. The summed E-state index contributed by atoms with van der Waals surface area (Å²) < 4.78 is 30.7. The van der Waals surface area contributed by atoms with Crippen LogP contribution in [-0.2, 0) is 29.5 Å². The maximum atomic E-state index is 13.0. The van der Waals surface area contributed by atoms with Gasteiger partial charge in [-0.2, -0.15) is 5.10 Å². The number of benzene rings is 1. The maximum absolute atomic E-state index is 13.0. The fourth-order valence-electron chi connectivity index (χ4n) is 4.19. The van der Waals surface area contributed by atoms with Gasteiger partial charge < -0.3 is 15.1 Å². The first-order chi connectivity index (χ1) is 17.8. The molecule has 2 rings (SSSR count). The van der Waals surface area contributed by atoms with E-state index in [0.29, 0.717) is 50.5 Å². The van der Waals surface area contributed by atoms with E-state index in [4.69, 9.17) is 0 Å². The van der Waals surface area contributed by atoms with Crippen LogP contribution >= 0.6 is 0 Å². The normalized spacial score (nSPS) is 12.6. The van der Waals surface area contributed by atoms with E-state index >= 15 is 0 Å². The van der Waals surface area contributed by atoms with E-state index in [-0.39, 0.29) is 18.3 Å². The Labute approximate surface area is 222 Å². The second-order valence-corrected chi connectivity index (χ2v) is 10.8. The van der Waals surface area contributed by atoms with E-state index in [2.05, 4.69) is 38.9 Å². The van der Waals surface area contributed by atoms with E-state index in [9.17, 15) is 13.2 Å². The van der Waals surface area contributed by atoms with Crippen molar-refractivity contribution in [3.63, 3.8) is 0 Å². The summed E-state index contributed by atoms with van der Waals surface area (Å²) in [6, 6.07) is 9.24. The summed E-state index contributed by atoms with van der Waals surface area (Å²) in [7, 11) is -3.54. The minimum atomic E-state index is -3.54. The first-order valence-electron chi connectivity index (χ1n) is 13.5. The van der Waals surface area contributed by atoms with E-state index in [1.54, 1.807) is 9.58 Å². The van der Waals surface area contributed by atoms with Gasteiger partial charge in [0.15, 0.2) is 5.82 Å². The molecule has 11 heteroatoms. The predicted molar refractivity (Wildman–Crippen MR) is 148 cm³/mol. The van der Waals surface area contributed by atoms with Crippen LogP contribution in [0.1, 0.15) is 70.7 Å². The molecule has 1 aromatic carbocycles. The second-order valence-electron chi connectivity index (χ2n) is 8.93. The van der Waals surface area contributed by atoms with Crippen LogP contribution in [0, 0.1) is 0 Å². The van der Waals surface area contributed by atoms with Crippen LogP contribution in [0.4, 0.5) is 4.79 Å². The largest absolute Gasteiger partial charge is 0.331 e. The molecule has 2 aromatic rings. The van der Waals surface area contributed by atoms with E-state index in [1.165, 1.54) is 0 Å². The highest BCUT2D eigenvalue weighted by molar-refractivity contribution is 7.89. The van der Waals surface area contributed by atoms with Gasteiger partial charge in [0.2, 0.25) is 10.0 Å². The lowest BCUT2D eigenvalue weighted by atomic mass is 10.1. The zero-order chi connectivity index (χ0) is 27.3. The van der Waals surface area contributed by atoms with Gasteiger partial charge in [0.05, 0.1) is 18.3 Å². The Morgan fingerprint density at radius 3 is 2.30 bits per heavy atom. The number of sulfonamides is 1. The Bertz CT molecular complexity index is 1040. The molecule has 37 heavy (non-hydrogen) atoms. The molecule has 0 bridgehead atoms. The summed E-state index contributed by atoms with van der Waals surface area (Å²) in [6.45, 7) is 14.5. The van der Waals surface area contributed by atoms with Crippen LogP contribution in [0.5, 0.6) is 0 Å². The van der Waals surface area contributed by atoms with Crippen molar-refractivity contribution < 1.29 is 13.2 Å². The fraction of sp³-hybridized carbons (Fsp3) is 0.654. The molecule has 0 aliphatic rings. The standard InChI is InChI=1S/C26H45N7O3S/c1-6-31(7-2)19-14-20-37(35,36)30-23(18-17-22-15-12-11-13-16-22)25-28-24(33(10-5)29-25)21-27-26(34)32(8-3)9-4/h11-13,15-16,23,30H,6-10,14,17-21H2,1-5H3,(H,27,34)/t23-/m1/s1. The van der Waals surface area contributed by atoms with Crippen LogP contribution in [0.25, 0.3) is 0 Å². The van der Waals surface area contributed by atoms with Crippen molar-refractivity contribution in [1.82, 2.24) is 34.6 Å². The number of hydrogen-bond donors (Lipinski definition) is 2. The Kier molecular flexibility index (Phi) is 13.0. The summed E-state index contributed by atoms with van der Waals surface area (Å²) in [5.74, 6) is 1.08. The Hall–Kier alpha value is -2.50. The predicted octanol–water partition coefficient (Wildman–Crippen LogP) is 3.17. The van der Waals surface area contributed by atoms with Gasteiger partial charge in [0.1, 0.15) is 5.82 Å². The molecule has 0 aliphatic heterocycles. The van der Waals surface area contributed by atoms with Crippen molar-refractivity contribution in [3.05, 3.63) is 47.5 Å². The zero-order valence-electron chi connectivity index (χ0n) is 23.1. The Balaban J connectivity index is 2.19. The molecular formula is C26H45N7O3S. The molecule has 2 N–H and O–H groups in total. The number of amides is 2. The van der Waals surface area contributed by atoms with Crippen LogP contribution < -0.4 is 10.0 Å². The lowest BCUT2D eigenvalue weighted by Gasteiger charge is -2.19. The number of aromatic nitrogens is 3. The highest BCUT2D eigenvalue weighted by Crippen LogP contribution is 2.19.